The molecule has 0 aliphatic rings. The molecule has 1 heterocycles. The van der Waals surface area contributed by atoms with Crippen LogP contribution in [0.25, 0.3) is 0 Å². The number of benzene rings is 1. The summed E-state index contributed by atoms with van der Waals surface area (Å²) in [5.41, 5.74) is 8.99. The van der Waals surface area contributed by atoms with Crippen LogP contribution in [0.4, 0.5) is 0 Å². The van der Waals surface area contributed by atoms with Crippen molar-refractivity contribution < 1.29 is 4.74 Å². The average Bonchev–Trinajstić information content (AvgIpc) is 2.65. The normalized spacial score (nSPS) is 12.4. The van der Waals surface area contributed by atoms with Crippen molar-refractivity contribution in [1.29, 1.82) is 0 Å². The smallest absolute Gasteiger partial charge is 0.130 e. The van der Waals surface area contributed by atoms with E-state index in [0.29, 0.717) is 6.61 Å². The zero-order valence-corrected chi connectivity index (χ0v) is 11.1. The minimum absolute atomic E-state index is 0.0329. The van der Waals surface area contributed by atoms with Gasteiger partial charge in [-0.25, -0.2) is 0 Å². The number of nitrogens with zero attached hydrogens (tertiary/aromatic N) is 2. The molecule has 0 amide bonds. The molecule has 0 saturated heterocycles. The lowest BCUT2D eigenvalue weighted by Crippen LogP contribution is -2.09. The lowest BCUT2D eigenvalue weighted by molar-refractivity contribution is 0.290. The minimum Gasteiger partial charge on any atom is -0.487 e. The molecule has 0 radical (unpaired) electrons. The fourth-order valence-corrected chi connectivity index (χ4v) is 1.94. The monoisotopic (exact) mass is 245 g/mol. The summed E-state index contributed by atoms with van der Waals surface area (Å²) >= 11 is 0. The number of para-hydroxylation sites is 1. The highest BCUT2D eigenvalue weighted by atomic mass is 16.5. The highest BCUT2D eigenvalue weighted by molar-refractivity contribution is 5.35. The van der Waals surface area contributed by atoms with Crippen molar-refractivity contribution in [3.05, 3.63) is 47.3 Å². The number of ether oxygens (including phenoxy) is 1. The Hall–Kier alpha value is -1.81. The van der Waals surface area contributed by atoms with Gasteiger partial charge in [0.25, 0.3) is 0 Å². The van der Waals surface area contributed by atoms with E-state index < -0.39 is 0 Å². The quantitative estimate of drug-likeness (QED) is 0.899. The molecule has 0 aliphatic heterocycles. The molecule has 0 aliphatic carbocycles. The summed E-state index contributed by atoms with van der Waals surface area (Å²) < 4.78 is 7.67. The number of aryl methyl sites for hydroxylation is 2. The van der Waals surface area contributed by atoms with Crippen molar-refractivity contribution in [2.75, 3.05) is 0 Å². The molecule has 1 aromatic carbocycles. The van der Waals surface area contributed by atoms with E-state index in [0.717, 1.165) is 22.7 Å². The molecule has 18 heavy (non-hydrogen) atoms. The fourth-order valence-electron chi connectivity index (χ4n) is 1.94. The van der Waals surface area contributed by atoms with Gasteiger partial charge in [-0.15, -0.1) is 0 Å². The van der Waals surface area contributed by atoms with Gasteiger partial charge in [0.15, 0.2) is 0 Å². The predicted octanol–water partition coefficient (Wildman–Crippen LogP) is 2.33. The minimum atomic E-state index is -0.0329. The van der Waals surface area contributed by atoms with E-state index >= 15 is 0 Å². The Labute approximate surface area is 107 Å². The van der Waals surface area contributed by atoms with Gasteiger partial charge in [-0.1, -0.05) is 18.2 Å². The van der Waals surface area contributed by atoms with Crippen LogP contribution >= 0.6 is 0 Å². The van der Waals surface area contributed by atoms with E-state index in [-0.39, 0.29) is 6.04 Å². The van der Waals surface area contributed by atoms with Gasteiger partial charge in [0.05, 0.1) is 11.4 Å². The summed E-state index contributed by atoms with van der Waals surface area (Å²) in [7, 11) is 1.92. The molecule has 2 N–H and O–H groups in total. The zero-order valence-electron chi connectivity index (χ0n) is 11.1. The van der Waals surface area contributed by atoms with Gasteiger partial charge in [-0.2, -0.15) is 5.10 Å². The van der Waals surface area contributed by atoms with Gasteiger partial charge < -0.3 is 10.5 Å². The van der Waals surface area contributed by atoms with Crippen LogP contribution in [-0.4, -0.2) is 9.78 Å². The lowest BCUT2D eigenvalue weighted by atomic mass is 10.1. The van der Waals surface area contributed by atoms with Crippen molar-refractivity contribution >= 4 is 0 Å². The van der Waals surface area contributed by atoms with Crippen LogP contribution in [0, 0.1) is 6.92 Å². The SMILES string of the molecule is Cc1cc(COc2ccccc2[C@H](C)N)n(C)n1. The topological polar surface area (TPSA) is 53.1 Å². The standard InChI is InChI=1S/C14H19N3O/c1-10-8-12(17(3)16-10)9-18-14-7-5-4-6-13(14)11(2)15/h4-8,11H,9,15H2,1-3H3/t11-/m0/s1. The molecule has 0 fully saturated rings. The van der Waals surface area contributed by atoms with E-state index in [1.54, 1.807) is 0 Å². The van der Waals surface area contributed by atoms with Crippen molar-refractivity contribution in [2.24, 2.45) is 12.8 Å². The molecule has 2 rings (SSSR count). The lowest BCUT2D eigenvalue weighted by Gasteiger charge is -2.13. The summed E-state index contributed by atoms with van der Waals surface area (Å²) in [5, 5.41) is 4.29. The van der Waals surface area contributed by atoms with Crippen LogP contribution in [-0.2, 0) is 13.7 Å². The molecule has 2 aromatic rings. The van der Waals surface area contributed by atoms with Crippen LogP contribution in [0.1, 0.15) is 29.9 Å². The molecular formula is C14H19N3O. The molecule has 1 atom stereocenters. The predicted molar refractivity (Wildman–Crippen MR) is 71.3 cm³/mol. The van der Waals surface area contributed by atoms with Crippen molar-refractivity contribution in [3.63, 3.8) is 0 Å². The van der Waals surface area contributed by atoms with Gasteiger partial charge in [0.1, 0.15) is 12.4 Å². The van der Waals surface area contributed by atoms with Crippen LogP contribution in [0.2, 0.25) is 0 Å². The Morgan fingerprint density at radius 1 is 1.39 bits per heavy atom. The highest BCUT2D eigenvalue weighted by Gasteiger charge is 2.08. The van der Waals surface area contributed by atoms with Gasteiger partial charge in [0, 0.05) is 18.7 Å². The summed E-state index contributed by atoms with van der Waals surface area (Å²) in [4.78, 5) is 0. The first-order valence-corrected chi connectivity index (χ1v) is 6.04. The third kappa shape index (κ3) is 2.71. The van der Waals surface area contributed by atoms with Gasteiger partial charge in [-0.05, 0) is 26.0 Å². The number of rotatable bonds is 4. The van der Waals surface area contributed by atoms with Crippen molar-refractivity contribution in [3.8, 4) is 5.75 Å². The molecule has 0 saturated carbocycles. The van der Waals surface area contributed by atoms with E-state index in [2.05, 4.69) is 5.10 Å². The van der Waals surface area contributed by atoms with Crippen LogP contribution in [0.3, 0.4) is 0 Å². The highest BCUT2D eigenvalue weighted by Crippen LogP contribution is 2.24. The molecule has 0 spiro atoms. The van der Waals surface area contributed by atoms with E-state index in [4.69, 9.17) is 10.5 Å². The second kappa shape index (κ2) is 5.23. The second-order valence-corrected chi connectivity index (χ2v) is 4.52. The Kier molecular flexibility index (Phi) is 3.67. The second-order valence-electron chi connectivity index (χ2n) is 4.52. The first kappa shape index (κ1) is 12.6. The molecule has 0 unspecified atom stereocenters. The Morgan fingerprint density at radius 2 is 2.11 bits per heavy atom. The Morgan fingerprint density at radius 3 is 2.72 bits per heavy atom. The van der Waals surface area contributed by atoms with Crippen LogP contribution < -0.4 is 10.5 Å². The van der Waals surface area contributed by atoms with Gasteiger partial charge >= 0.3 is 0 Å². The largest absolute Gasteiger partial charge is 0.487 e. The first-order valence-electron chi connectivity index (χ1n) is 6.04. The molecule has 4 nitrogen and oxygen atoms in total. The molecule has 1 aromatic heterocycles. The fraction of sp³-hybridized carbons (Fsp3) is 0.357. The van der Waals surface area contributed by atoms with Gasteiger partial charge in [-0.3, -0.25) is 4.68 Å². The van der Waals surface area contributed by atoms with E-state index in [9.17, 15) is 0 Å². The van der Waals surface area contributed by atoms with E-state index in [1.165, 1.54) is 0 Å². The molecule has 4 heteroatoms. The van der Waals surface area contributed by atoms with E-state index in [1.807, 2.05) is 55.9 Å². The Bertz CT molecular complexity index is 532. The maximum atomic E-state index is 5.92. The third-order valence-corrected chi connectivity index (χ3v) is 2.88. The average molecular weight is 245 g/mol. The maximum Gasteiger partial charge on any atom is 0.130 e. The molecular weight excluding hydrogens is 226 g/mol. The number of nitrogens with two attached hydrogens (primary N) is 1. The Balaban J connectivity index is 2.13. The number of hydrogen-bond acceptors (Lipinski definition) is 3. The molecule has 96 valence electrons. The van der Waals surface area contributed by atoms with Gasteiger partial charge in [0.2, 0.25) is 0 Å². The maximum absolute atomic E-state index is 5.92. The summed E-state index contributed by atoms with van der Waals surface area (Å²) in [5.74, 6) is 0.839. The third-order valence-electron chi connectivity index (χ3n) is 2.88. The summed E-state index contributed by atoms with van der Waals surface area (Å²) in [6.07, 6.45) is 0. The van der Waals surface area contributed by atoms with Crippen LogP contribution in [0.5, 0.6) is 5.75 Å². The van der Waals surface area contributed by atoms with Crippen molar-refractivity contribution in [1.82, 2.24) is 9.78 Å². The molecule has 0 bridgehead atoms. The summed E-state index contributed by atoms with van der Waals surface area (Å²) in [6.45, 7) is 4.43. The van der Waals surface area contributed by atoms with Crippen molar-refractivity contribution in [2.45, 2.75) is 26.5 Å². The summed E-state index contributed by atoms with van der Waals surface area (Å²) in [6, 6.07) is 9.86. The zero-order chi connectivity index (χ0) is 13.1. The first-order chi connectivity index (χ1) is 8.58. The van der Waals surface area contributed by atoms with Crippen LogP contribution in [0.15, 0.2) is 30.3 Å². The number of hydrogen-bond donors (Lipinski definition) is 1. The number of aromatic nitrogens is 2.